The van der Waals surface area contributed by atoms with Gasteiger partial charge in [0.25, 0.3) is 0 Å². The molecule has 0 spiro atoms. The first-order valence-electron chi connectivity index (χ1n) is 2.98. The Balaban J connectivity index is 2.62. The molecule has 0 atom stereocenters. The van der Waals surface area contributed by atoms with Crippen molar-refractivity contribution in [2.75, 3.05) is 13.1 Å². The molecule has 1 heterocycles. The zero-order chi connectivity index (χ0) is 8.43. The fourth-order valence-corrected chi connectivity index (χ4v) is 0.900. The molecule has 3 amide bonds. The number of thiocarbonyl (C=S) groups is 1. The van der Waals surface area contributed by atoms with Crippen molar-refractivity contribution >= 4 is 29.1 Å². The number of urea groups is 1. The highest BCUT2D eigenvalue weighted by atomic mass is 32.1. The average molecular weight is 173 g/mol. The van der Waals surface area contributed by atoms with E-state index in [2.05, 4.69) is 17.5 Å². The molecule has 3 N–H and O–H groups in total. The Morgan fingerprint density at radius 3 is 2.73 bits per heavy atom. The van der Waals surface area contributed by atoms with E-state index in [9.17, 15) is 9.59 Å². The number of imide groups is 1. The third-order valence-corrected chi connectivity index (χ3v) is 1.38. The highest BCUT2D eigenvalue weighted by Gasteiger charge is 2.28. The molecule has 1 saturated heterocycles. The van der Waals surface area contributed by atoms with Gasteiger partial charge in [0.1, 0.15) is 0 Å². The van der Waals surface area contributed by atoms with Gasteiger partial charge in [-0.3, -0.25) is 9.69 Å². The smallest absolute Gasteiger partial charge is 0.324 e. The van der Waals surface area contributed by atoms with Gasteiger partial charge in [-0.1, -0.05) is 12.2 Å². The summed E-state index contributed by atoms with van der Waals surface area (Å²) in [7, 11) is 0. The van der Waals surface area contributed by atoms with Crippen LogP contribution in [0.5, 0.6) is 0 Å². The number of nitrogens with one attached hydrogen (secondary N) is 1. The van der Waals surface area contributed by atoms with Crippen LogP contribution in [0.1, 0.15) is 0 Å². The van der Waals surface area contributed by atoms with Crippen LogP contribution in [0.15, 0.2) is 0 Å². The Kier molecular flexibility index (Phi) is 2.04. The first-order valence-corrected chi connectivity index (χ1v) is 3.38. The van der Waals surface area contributed by atoms with Gasteiger partial charge in [0.2, 0.25) is 5.91 Å². The van der Waals surface area contributed by atoms with Crippen molar-refractivity contribution < 1.29 is 9.59 Å². The lowest BCUT2D eigenvalue weighted by Gasteiger charge is -2.09. The second kappa shape index (κ2) is 2.83. The van der Waals surface area contributed by atoms with E-state index < -0.39 is 6.03 Å². The van der Waals surface area contributed by atoms with E-state index in [1.165, 1.54) is 0 Å². The number of nitrogens with zero attached hydrogens (tertiary/aromatic N) is 1. The van der Waals surface area contributed by atoms with Gasteiger partial charge in [-0.15, -0.1) is 0 Å². The summed E-state index contributed by atoms with van der Waals surface area (Å²) in [4.78, 5) is 22.8. The monoisotopic (exact) mass is 173 g/mol. The summed E-state index contributed by atoms with van der Waals surface area (Å²) < 4.78 is 0. The van der Waals surface area contributed by atoms with E-state index in [0.29, 0.717) is 0 Å². The molecule has 5 nitrogen and oxygen atoms in total. The first kappa shape index (κ1) is 7.93. The van der Waals surface area contributed by atoms with Gasteiger partial charge in [-0.25, -0.2) is 4.79 Å². The van der Waals surface area contributed by atoms with Gasteiger partial charge < -0.3 is 11.1 Å². The number of hydrogen-bond acceptors (Lipinski definition) is 3. The number of nitrogens with two attached hydrogens (primary N) is 1. The molecule has 1 rings (SSSR count). The lowest BCUT2D eigenvalue weighted by molar-refractivity contribution is -0.124. The molecule has 60 valence electrons. The Hall–Kier alpha value is -1.17. The van der Waals surface area contributed by atoms with Crippen molar-refractivity contribution in [3.05, 3.63) is 0 Å². The first-order chi connectivity index (χ1) is 5.11. The van der Waals surface area contributed by atoms with E-state index >= 15 is 0 Å². The molecule has 1 fully saturated rings. The summed E-state index contributed by atoms with van der Waals surface area (Å²) >= 11 is 4.54. The van der Waals surface area contributed by atoms with Crippen LogP contribution in [0.25, 0.3) is 0 Å². The Labute approximate surface area is 68.5 Å². The number of rotatable bonds is 2. The molecule has 6 heteroatoms. The fourth-order valence-electron chi connectivity index (χ4n) is 0.771. The average Bonchev–Trinajstić information content (AvgIpc) is 2.18. The summed E-state index contributed by atoms with van der Waals surface area (Å²) in [5.41, 5.74) is 5.15. The summed E-state index contributed by atoms with van der Waals surface area (Å²) in [6, 6.07) is -0.428. The van der Waals surface area contributed by atoms with Crippen molar-refractivity contribution in [2.24, 2.45) is 5.73 Å². The zero-order valence-corrected chi connectivity index (χ0v) is 6.48. The molecular weight excluding hydrogens is 166 g/mol. The maximum Gasteiger partial charge on any atom is 0.324 e. The highest BCUT2D eigenvalue weighted by molar-refractivity contribution is 7.80. The second-order valence-electron chi connectivity index (χ2n) is 2.10. The molecule has 0 aromatic rings. The minimum absolute atomic E-state index is 0.0278. The standard InChI is InChI=1S/C5H7N3O2S/c6-3(11)2-8-4(9)1-7-5(8)10/h1-2H2,(H2,6,11)(H,7,10). The van der Waals surface area contributed by atoms with Crippen LogP contribution in [0, 0.1) is 0 Å². The van der Waals surface area contributed by atoms with Gasteiger partial charge >= 0.3 is 6.03 Å². The van der Waals surface area contributed by atoms with Crippen LogP contribution in [-0.2, 0) is 4.79 Å². The molecular formula is C5H7N3O2S. The largest absolute Gasteiger partial charge is 0.392 e. The molecule has 0 aromatic carbocycles. The van der Waals surface area contributed by atoms with E-state index in [-0.39, 0.29) is 24.0 Å². The summed E-state index contributed by atoms with van der Waals surface area (Å²) in [6.45, 7) is 0.0709. The minimum Gasteiger partial charge on any atom is -0.392 e. The van der Waals surface area contributed by atoms with E-state index in [0.717, 1.165) is 4.90 Å². The Morgan fingerprint density at radius 1 is 1.73 bits per heavy atom. The number of amides is 3. The third kappa shape index (κ3) is 1.64. The van der Waals surface area contributed by atoms with Gasteiger partial charge in [0.05, 0.1) is 18.1 Å². The van der Waals surface area contributed by atoms with Crippen molar-refractivity contribution in [2.45, 2.75) is 0 Å². The molecule has 0 saturated carbocycles. The van der Waals surface area contributed by atoms with Crippen LogP contribution in [0.3, 0.4) is 0 Å². The summed E-state index contributed by atoms with van der Waals surface area (Å²) in [5.74, 6) is -0.289. The fraction of sp³-hybridized carbons (Fsp3) is 0.400. The summed E-state index contributed by atoms with van der Waals surface area (Å²) in [5, 5.41) is 2.35. The van der Waals surface area contributed by atoms with Gasteiger partial charge in [-0.2, -0.15) is 0 Å². The molecule has 0 aliphatic carbocycles. The van der Waals surface area contributed by atoms with Crippen LogP contribution < -0.4 is 11.1 Å². The Morgan fingerprint density at radius 2 is 2.36 bits per heavy atom. The zero-order valence-electron chi connectivity index (χ0n) is 5.66. The predicted molar refractivity (Wildman–Crippen MR) is 41.9 cm³/mol. The lowest BCUT2D eigenvalue weighted by atomic mass is 10.5. The molecule has 11 heavy (non-hydrogen) atoms. The molecule has 1 aliphatic rings. The second-order valence-corrected chi connectivity index (χ2v) is 2.63. The van der Waals surface area contributed by atoms with Gasteiger partial charge in [-0.05, 0) is 0 Å². The van der Waals surface area contributed by atoms with Crippen LogP contribution in [-0.4, -0.2) is 34.9 Å². The highest BCUT2D eigenvalue weighted by Crippen LogP contribution is 1.97. The predicted octanol–water partition coefficient (Wildman–Crippen LogP) is -1.18. The molecule has 1 aliphatic heterocycles. The molecule has 0 radical (unpaired) electrons. The number of hydrogen-bond donors (Lipinski definition) is 2. The maximum absolute atomic E-state index is 10.8. The third-order valence-electron chi connectivity index (χ3n) is 1.25. The summed E-state index contributed by atoms with van der Waals surface area (Å²) in [6.07, 6.45) is 0. The number of carbonyl (C=O) groups excluding carboxylic acids is 2. The lowest BCUT2D eigenvalue weighted by Crippen LogP contribution is -2.37. The van der Waals surface area contributed by atoms with Crippen molar-refractivity contribution in [1.82, 2.24) is 10.2 Å². The topological polar surface area (TPSA) is 75.4 Å². The van der Waals surface area contributed by atoms with Gasteiger partial charge in [0.15, 0.2) is 0 Å². The van der Waals surface area contributed by atoms with Crippen molar-refractivity contribution in [3.63, 3.8) is 0 Å². The normalized spacial score (nSPS) is 16.9. The quantitative estimate of drug-likeness (QED) is 0.407. The van der Waals surface area contributed by atoms with Crippen LogP contribution >= 0.6 is 12.2 Å². The number of carbonyl (C=O) groups is 2. The minimum atomic E-state index is -0.428. The molecule has 0 aromatic heterocycles. The van der Waals surface area contributed by atoms with Gasteiger partial charge in [0, 0.05) is 0 Å². The SMILES string of the molecule is NC(=S)CN1C(=O)CNC1=O. The van der Waals surface area contributed by atoms with Crippen molar-refractivity contribution in [1.29, 1.82) is 0 Å². The molecule has 0 unspecified atom stereocenters. The van der Waals surface area contributed by atoms with Crippen LogP contribution in [0.4, 0.5) is 4.79 Å². The Bertz CT molecular complexity index is 212. The van der Waals surface area contributed by atoms with E-state index in [1.54, 1.807) is 0 Å². The molecule has 0 bridgehead atoms. The van der Waals surface area contributed by atoms with Crippen LogP contribution in [0.2, 0.25) is 0 Å². The van der Waals surface area contributed by atoms with Crippen molar-refractivity contribution in [3.8, 4) is 0 Å². The van der Waals surface area contributed by atoms with E-state index in [4.69, 9.17) is 5.73 Å². The van der Waals surface area contributed by atoms with E-state index in [1.807, 2.05) is 0 Å². The maximum atomic E-state index is 10.8.